The van der Waals surface area contributed by atoms with E-state index in [0.717, 1.165) is 44.2 Å². The standard InChI is InChI=1S/C21H29N3O2/c1-15-5-4-6-18-19(15)16(14-23-18)7-11-22-20(25)24-17-8-12-26-21(13-17)9-2-3-10-21/h4-6,14,17,23H,2-3,7-13H2,1H3,(H2,22,24,25). The molecule has 1 aromatic carbocycles. The van der Waals surface area contributed by atoms with Gasteiger partial charge >= 0.3 is 6.03 Å². The van der Waals surface area contributed by atoms with E-state index in [2.05, 4.69) is 46.9 Å². The lowest BCUT2D eigenvalue weighted by atomic mass is 9.89. The van der Waals surface area contributed by atoms with Gasteiger partial charge in [0.2, 0.25) is 0 Å². The molecule has 0 radical (unpaired) electrons. The van der Waals surface area contributed by atoms with Crippen LogP contribution in [0.5, 0.6) is 0 Å². The Morgan fingerprint density at radius 2 is 2.19 bits per heavy atom. The summed E-state index contributed by atoms with van der Waals surface area (Å²) >= 11 is 0. The molecule has 5 heteroatoms. The molecule has 1 saturated heterocycles. The first kappa shape index (κ1) is 17.4. The first-order chi connectivity index (χ1) is 12.7. The lowest BCUT2D eigenvalue weighted by Crippen LogP contribution is -2.50. The molecule has 0 bridgehead atoms. The van der Waals surface area contributed by atoms with E-state index in [1.807, 2.05) is 0 Å². The maximum atomic E-state index is 12.3. The number of aryl methyl sites for hydroxylation is 1. The number of aromatic amines is 1. The molecular weight excluding hydrogens is 326 g/mol. The highest BCUT2D eigenvalue weighted by atomic mass is 16.5. The number of H-pyrrole nitrogens is 1. The SMILES string of the molecule is Cc1cccc2[nH]cc(CCNC(=O)NC3CCOC4(CCCC4)C3)c12. The van der Waals surface area contributed by atoms with Gasteiger partial charge in [-0.3, -0.25) is 0 Å². The van der Waals surface area contributed by atoms with E-state index in [0.29, 0.717) is 6.54 Å². The molecule has 1 saturated carbocycles. The number of urea groups is 1. The van der Waals surface area contributed by atoms with E-state index in [1.54, 1.807) is 0 Å². The van der Waals surface area contributed by atoms with Gasteiger partial charge in [0.05, 0.1) is 5.60 Å². The van der Waals surface area contributed by atoms with Crippen LogP contribution >= 0.6 is 0 Å². The molecule has 2 aromatic rings. The van der Waals surface area contributed by atoms with E-state index < -0.39 is 0 Å². The third-order valence-corrected chi connectivity index (χ3v) is 6.02. The Hall–Kier alpha value is -2.01. The van der Waals surface area contributed by atoms with E-state index in [4.69, 9.17) is 4.74 Å². The van der Waals surface area contributed by atoms with Gasteiger partial charge in [-0.2, -0.15) is 0 Å². The molecule has 4 rings (SSSR count). The Bertz CT molecular complexity index is 777. The number of amides is 2. The van der Waals surface area contributed by atoms with Crippen LogP contribution in [-0.4, -0.2) is 35.8 Å². The summed E-state index contributed by atoms with van der Waals surface area (Å²) in [4.78, 5) is 15.6. The van der Waals surface area contributed by atoms with Gasteiger partial charge in [0.25, 0.3) is 0 Å². The highest BCUT2D eigenvalue weighted by Gasteiger charge is 2.40. The number of fused-ring (bicyclic) bond motifs is 1. The first-order valence-electron chi connectivity index (χ1n) is 9.89. The van der Waals surface area contributed by atoms with Crippen LogP contribution in [0.1, 0.15) is 49.7 Å². The summed E-state index contributed by atoms with van der Waals surface area (Å²) in [7, 11) is 0. The van der Waals surface area contributed by atoms with Crippen LogP contribution in [-0.2, 0) is 11.2 Å². The van der Waals surface area contributed by atoms with Crippen molar-refractivity contribution in [1.29, 1.82) is 0 Å². The number of nitrogens with one attached hydrogen (secondary N) is 3. The molecule has 3 N–H and O–H groups in total. The molecular formula is C21H29N3O2. The van der Waals surface area contributed by atoms with Gasteiger partial charge in [0.15, 0.2) is 0 Å². The van der Waals surface area contributed by atoms with Crippen molar-refractivity contribution in [2.75, 3.05) is 13.2 Å². The Morgan fingerprint density at radius 1 is 1.35 bits per heavy atom. The van der Waals surface area contributed by atoms with Crippen LogP contribution in [0.15, 0.2) is 24.4 Å². The summed E-state index contributed by atoms with van der Waals surface area (Å²) in [6, 6.07) is 6.47. The molecule has 2 fully saturated rings. The van der Waals surface area contributed by atoms with Crippen LogP contribution in [0.2, 0.25) is 0 Å². The van der Waals surface area contributed by atoms with Crippen molar-refractivity contribution < 1.29 is 9.53 Å². The maximum Gasteiger partial charge on any atom is 0.315 e. The number of carbonyl (C=O) groups excluding carboxylic acids is 1. The van der Waals surface area contributed by atoms with Crippen molar-refractivity contribution in [2.24, 2.45) is 0 Å². The third-order valence-electron chi connectivity index (χ3n) is 6.02. The minimum absolute atomic E-state index is 0.0394. The molecule has 1 unspecified atom stereocenters. The molecule has 1 spiro atoms. The minimum atomic E-state index is -0.0541. The second-order valence-corrected chi connectivity index (χ2v) is 7.89. The molecule has 2 amide bonds. The highest BCUT2D eigenvalue weighted by Crippen LogP contribution is 2.39. The van der Waals surface area contributed by atoms with Crippen LogP contribution in [0, 0.1) is 6.92 Å². The molecule has 1 aliphatic carbocycles. The van der Waals surface area contributed by atoms with Crippen molar-refractivity contribution in [3.63, 3.8) is 0 Å². The lowest BCUT2D eigenvalue weighted by molar-refractivity contribution is -0.0820. The molecule has 1 aliphatic heterocycles. The molecule has 2 heterocycles. The van der Waals surface area contributed by atoms with Gasteiger partial charge in [-0.05, 0) is 56.2 Å². The molecule has 140 valence electrons. The number of carbonyl (C=O) groups is 1. The van der Waals surface area contributed by atoms with E-state index >= 15 is 0 Å². The van der Waals surface area contributed by atoms with Crippen LogP contribution in [0.3, 0.4) is 0 Å². The molecule has 2 aliphatic rings. The van der Waals surface area contributed by atoms with Gasteiger partial charge in [0.1, 0.15) is 0 Å². The maximum absolute atomic E-state index is 12.3. The van der Waals surface area contributed by atoms with Gasteiger partial charge < -0.3 is 20.4 Å². The average Bonchev–Trinajstić information content (AvgIpc) is 3.23. The first-order valence-corrected chi connectivity index (χ1v) is 9.89. The second-order valence-electron chi connectivity index (χ2n) is 7.89. The smallest absolute Gasteiger partial charge is 0.315 e. The quantitative estimate of drug-likeness (QED) is 0.781. The molecule has 26 heavy (non-hydrogen) atoms. The summed E-state index contributed by atoms with van der Waals surface area (Å²) in [6.45, 7) is 3.53. The Labute approximate surface area is 154 Å². The second kappa shape index (κ2) is 7.31. The van der Waals surface area contributed by atoms with Crippen molar-refractivity contribution in [3.8, 4) is 0 Å². The number of hydrogen-bond donors (Lipinski definition) is 3. The molecule has 1 aromatic heterocycles. The summed E-state index contributed by atoms with van der Waals surface area (Å²) < 4.78 is 6.05. The normalized spacial score (nSPS) is 22.0. The largest absolute Gasteiger partial charge is 0.375 e. The zero-order chi connectivity index (χ0) is 18.0. The van der Waals surface area contributed by atoms with Gasteiger partial charge in [-0.25, -0.2) is 4.79 Å². The lowest BCUT2D eigenvalue weighted by Gasteiger charge is -2.38. The minimum Gasteiger partial charge on any atom is -0.375 e. The number of rotatable bonds is 4. The Balaban J connectivity index is 1.27. The predicted molar refractivity (Wildman–Crippen MR) is 103 cm³/mol. The number of hydrogen-bond acceptors (Lipinski definition) is 2. The van der Waals surface area contributed by atoms with Crippen LogP contribution in [0.25, 0.3) is 10.9 Å². The molecule has 1 atom stereocenters. The fourth-order valence-corrected chi connectivity index (χ4v) is 4.71. The van der Waals surface area contributed by atoms with Crippen molar-refractivity contribution >= 4 is 16.9 Å². The Kier molecular flexibility index (Phi) is 4.90. The summed E-state index contributed by atoms with van der Waals surface area (Å²) in [5.74, 6) is 0. The summed E-state index contributed by atoms with van der Waals surface area (Å²) in [5.41, 5.74) is 3.73. The third kappa shape index (κ3) is 3.58. The number of ether oxygens (including phenoxy) is 1. The van der Waals surface area contributed by atoms with E-state index in [9.17, 15) is 4.79 Å². The van der Waals surface area contributed by atoms with Gasteiger partial charge in [0, 0.05) is 36.3 Å². The van der Waals surface area contributed by atoms with Gasteiger partial charge in [-0.15, -0.1) is 0 Å². The van der Waals surface area contributed by atoms with Crippen LogP contribution < -0.4 is 10.6 Å². The van der Waals surface area contributed by atoms with Crippen molar-refractivity contribution in [1.82, 2.24) is 15.6 Å². The fourth-order valence-electron chi connectivity index (χ4n) is 4.71. The van der Waals surface area contributed by atoms with Crippen molar-refractivity contribution in [3.05, 3.63) is 35.5 Å². The van der Waals surface area contributed by atoms with E-state index in [-0.39, 0.29) is 17.7 Å². The van der Waals surface area contributed by atoms with Crippen molar-refractivity contribution in [2.45, 2.75) is 63.5 Å². The zero-order valence-corrected chi connectivity index (χ0v) is 15.6. The zero-order valence-electron chi connectivity index (χ0n) is 15.6. The summed E-state index contributed by atoms with van der Waals surface area (Å²) in [6.07, 6.45) is 9.56. The fraction of sp³-hybridized carbons (Fsp3) is 0.571. The highest BCUT2D eigenvalue weighted by molar-refractivity contribution is 5.86. The summed E-state index contributed by atoms with van der Waals surface area (Å²) in [5, 5.41) is 7.47. The number of aromatic nitrogens is 1. The van der Waals surface area contributed by atoms with Crippen LogP contribution in [0.4, 0.5) is 4.79 Å². The van der Waals surface area contributed by atoms with E-state index in [1.165, 1.54) is 29.4 Å². The predicted octanol–water partition coefficient (Wildman–Crippen LogP) is 3.81. The molecule has 5 nitrogen and oxygen atoms in total. The Morgan fingerprint density at radius 3 is 3.04 bits per heavy atom. The topological polar surface area (TPSA) is 66.2 Å². The van der Waals surface area contributed by atoms with Gasteiger partial charge in [-0.1, -0.05) is 25.0 Å². The monoisotopic (exact) mass is 355 g/mol. The average molecular weight is 355 g/mol. The number of benzene rings is 1.